The predicted octanol–water partition coefficient (Wildman–Crippen LogP) is 4.23. The van der Waals surface area contributed by atoms with Crippen LogP contribution >= 0.6 is 46.3 Å². The van der Waals surface area contributed by atoms with Crippen LogP contribution in [-0.4, -0.2) is 16.6 Å². The highest BCUT2D eigenvalue weighted by atomic mass is 35.5. The lowest BCUT2D eigenvalue weighted by Crippen LogP contribution is -2.27. The Bertz CT molecular complexity index is 618. The zero-order valence-corrected chi connectivity index (χ0v) is 12.7. The average Bonchev–Trinajstić information content (AvgIpc) is 3.01. The van der Waals surface area contributed by atoms with Crippen LogP contribution in [0.2, 0.25) is 10.0 Å². The molecule has 0 saturated carbocycles. The van der Waals surface area contributed by atoms with Gasteiger partial charge in [-0.2, -0.15) is 0 Å². The van der Waals surface area contributed by atoms with E-state index in [4.69, 9.17) is 23.2 Å². The van der Waals surface area contributed by atoms with E-state index in [1.165, 1.54) is 11.3 Å². The van der Waals surface area contributed by atoms with E-state index in [1.807, 2.05) is 11.4 Å². The Balaban J connectivity index is 1.99. The molecule has 0 radical (unpaired) electrons. The van der Waals surface area contributed by atoms with Crippen LogP contribution in [0.25, 0.3) is 0 Å². The van der Waals surface area contributed by atoms with Gasteiger partial charge >= 0.3 is 0 Å². The molecule has 0 unspecified atom stereocenters. The first-order valence-electron chi connectivity index (χ1n) is 5.45. The number of rotatable bonds is 2. The van der Waals surface area contributed by atoms with Crippen molar-refractivity contribution >= 4 is 57.3 Å². The number of benzene rings is 1. The normalized spacial score (nSPS) is 19.2. The maximum atomic E-state index is 12.0. The van der Waals surface area contributed by atoms with Crippen molar-refractivity contribution in [3.05, 3.63) is 45.4 Å². The number of hydrogen-bond acceptors (Lipinski definition) is 4. The maximum Gasteiger partial charge on any atom is 0.240 e. The molecule has 19 heavy (non-hydrogen) atoms. The molecule has 0 bridgehead atoms. The highest BCUT2D eigenvalue weighted by Gasteiger charge is 2.35. The quantitative estimate of drug-likeness (QED) is 0.826. The lowest BCUT2D eigenvalue weighted by molar-refractivity contribution is -0.115. The largest absolute Gasteiger partial charge is 0.273 e. The van der Waals surface area contributed by atoms with Crippen LogP contribution in [0.1, 0.15) is 10.9 Å². The molecule has 1 aliphatic rings. The molecule has 3 nitrogen and oxygen atoms in total. The molecule has 1 aromatic carbocycles. The summed E-state index contributed by atoms with van der Waals surface area (Å²) in [5, 5.41) is 3.50. The van der Waals surface area contributed by atoms with Gasteiger partial charge in [-0.25, -0.2) is 4.98 Å². The topological polar surface area (TPSA) is 33.2 Å². The van der Waals surface area contributed by atoms with E-state index in [-0.39, 0.29) is 11.3 Å². The number of thiazole rings is 1. The number of halogens is 2. The van der Waals surface area contributed by atoms with Crippen molar-refractivity contribution in [3.63, 3.8) is 0 Å². The van der Waals surface area contributed by atoms with E-state index in [0.29, 0.717) is 20.9 Å². The number of thioether (sulfide) groups is 1. The monoisotopic (exact) mass is 330 g/mol. The third-order valence-corrected chi connectivity index (χ3v) is 5.44. The molecule has 2 aromatic rings. The van der Waals surface area contributed by atoms with Gasteiger partial charge in [-0.05, 0) is 17.7 Å². The molecule has 0 N–H and O–H groups in total. The van der Waals surface area contributed by atoms with Gasteiger partial charge in [0.15, 0.2) is 5.13 Å². The van der Waals surface area contributed by atoms with Gasteiger partial charge in [0, 0.05) is 11.6 Å². The summed E-state index contributed by atoms with van der Waals surface area (Å²) < 4.78 is 0. The molecule has 2 heterocycles. The van der Waals surface area contributed by atoms with Gasteiger partial charge in [-0.3, -0.25) is 9.69 Å². The fourth-order valence-electron chi connectivity index (χ4n) is 1.88. The van der Waals surface area contributed by atoms with Gasteiger partial charge in [0.25, 0.3) is 0 Å². The van der Waals surface area contributed by atoms with Gasteiger partial charge in [-0.15, -0.1) is 23.1 Å². The molecule has 0 aliphatic carbocycles. The van der Waals surface area contributed by atoms with Crippen molar-refractivity contribution < 1.29 is 4.79 Å². The van der Waals surface area contributed by atoms with Gasteiger partial charge < -0.3 is 0 Å². The number of amides is 1. The molecule has 1 saturated heterocycles. The van der Waals surface area contributed by atoms with Crippen LogP contribution in [0.3, 0.4) is 0 Å². The summed E-state index contributed by atoms with van der Waals surface area (Å²) in [5.74, 6) is 0.515. The van der Waals surface area contributed by atoms with Gasteiger partial charge in [0.1, 0.15) is 5.37 Å². The predicted molar refractivity (Wildman–Crippen MR) is 81.3 cm³/mol. The molecule has 1 atom stereocenters. The first-order chi connectivity index (χ1) is 9.16. The first-order valence-corrected chi connectivity index (χ1v) is 8.13. The Morgan fingerprint density at radius 2 is 2.16 bits per heavy atom. The number of anilines is 1. The number of hydrogen-bond donors (Lipinski definition) is 0. The Kier molecular flexibility index (Phi) is 3.71. The summed E-state index contributed by atoms with van der Waals surface area (Å²) in [6.45, 7) is 0. The minimum Gasteiger partial charge on any atom is -0.273 e. The second-order valence-corrected chi connectivity index (χ2v) is 6.67. The van der Waals surface area contributed by atoms with E-state index in [2.05, 4.69) is 4.98 Å². The van der Waals surface area contributed by atoms with Crippen molar-refractivity contribution in [2.24, 2.45) is 0 Å². The SMILES string of the molecule is O=C1CS[C@@H](c2ccc(Cl)c(Cl)c2)N1c1nccs1. The third kappa shape index (κ3) is 2.48. The van der Waals surface area contributed by atoms with E-state index < -0.39 is 0 Å². The Hall–Kier alpha value is -0.750. The molecular weight excluding hydrogens is 323 g/mol. The smallest absolute Gasteiger partial charge is 0.240 e. The standard InChI is InChI=1S/C12H8Cl2N2OS2/c13-8-2-1-7(5-9(8)14)11-16(10(17)6-19-11)12-15-3-4-18-12/h1-5,11H,6H2/t11-/m0/s1. The summed E-state index contributed by atoms with van der Waals surface area (Å²) in [6.07, 6.45) is 1.70. The van der Waals surface area contributed by atoms with E-state index >= 15 is 0 Å². The molecular formula is C12H8Cl2N2OS2. The fourth-order valence-corrected chi connectivity index (χ4v) is 4.08. The van der Waals surface area contributed by atoms with Crippen molar-refractivity contribution in [3.8, 4) is 0 Å². The fraction of sp³-hybridized carbons (Fsp3) is 0.167. The Morgan fingerprint density at radius 1 is 1.32 bits per heavy atom. The number of aromatic nitrogens is 1. The molecule has 1 aliphatic heterocycles. The lowest BCUT2D eigenvalue weighted by atomic mass is 10.2. The summed E-state index contributed by atoms with van der Waals surface area (Å²) in [4.78, 5) is 18.0. The summed E-state index contributed by atoms with van der Waals surface area (Å²) in [7, 11) is 0. The van der Waals surface area contributed by atoms with Crippen molar-refractivity contribution in [2.75, 3.05) is 10.7 Å². The van der Waals surface area contributed by atoms with E-state index in [0.717, 1.165) is 5.56 Å². The maximum absolute atomic E-state index is 12.0. The van der Waals surface area contributed by atoms with E-state index in [1.54, 1.807) is 35.0 Å². The first kappa shape index (κ1) is 13.2. The van der Waals surface area contributed by atoms with Crippen molar-refractivity contribution in [1.82, 2.24) is 4.98 Å². The van der Waals surface area contributed by atoms with Crippen LogP contribution in [0, 0.1) is 0 Å². The molecule has 0 spiro atoms. The Labute approximate surface area is 128 Å². The van der Waals surface area contributed by atoms with Gasteiger partial charge in [0.2, 0.25) is 5.91 Å². The van der Waals surface area contributed by atoms with E-state index in [9.17, 15) is 4.79 Å². The zero-order valence-electron chi connectivity index (χ0n) is 9.55. The molecule has 1 aromatic heterocycles. The van der Waals surface area contributed by atoms with Crippen LogP contribution in [0.5, 0.6) is 0 Å². The molecule has 1 fully saturated rings. The van der Waals surface area contributed by atoms with Gasteiger partial charge in [0.05, 0.1) is 15.8 Å². The van der Waals surface area contributed by atoms with Crippen LogP contribution in [0.4, 0.5) is 5.13 Å². The average molecular weight is 331 g/mol. The number of carbonyl (C=O) groups is 1. The number of nitrogens with zero attached hydrogens (tertiary/aromatic N) is 2. The molecule has 7 heteroatoms. The van der Waals surface area contributed by atoms with Crippen LogP contribution < -0.4 is 4.90 Å². The third-order valence-electron chi connectivity index (χ3n) is 2.72. The minimum atomic E-state index is -0.0894. The van der Waals surface area contributed by atoms with Crippen LogP contribution in [-0.2, 0) is 4.79 Å². The highest BCUT2D eigenvalue weighted by molar-refractivity contribution is 8.00. The second-order valence-electron chi connectivity index (χ2n) is 3.92. The summed E-state index contributed by atoms with van der Waals surface area (Å²) in [6, 6.07) is 5.45. The van der Waals surface area contributed by atoms with Crippen molar-refractivity contribution in [1.29, 1.82) is 0 Å². The van der Waals surface area contributed by atoms with Crippen molar-refractivity contribution in [2.45, 2.75) is 5.37 Å². The lowest BCUT2D eigenvalue weighted by Gasteiger charge is -2.21. The molecule has 1 amide bonds. The summed E-state index contributed by atoms with van der Waals surface area (Å²) in [5.41, 5.74) is 0.959. The summed E-state index contributed by atoms with van der Waals surface area (Å²) >= 11 is 15.0. The van der Waals surface area contributed by atoms with Gasteiger partial charge in [-0.1, -0.05) is 29.3 Å². The van der Waals surface area contributed by atoms with Crippen LogP contribution in [0.15, 0.2) is 29.8 Å². The molecule has 98 valence electrons. The highest BCUT2D eigenvalue weighted by Crippen LogP contribution is 2.43. The minimum absolute atomic E-state index is 0.0658. The second kappa shape index (κ2) is 5.32. The Morgan fingerprint density at radius 3 is 2.84 bits per heavy atom. The zero-order chi connectivity index (χ0) is 13.4. The molecule has 3 rings (SSSR count). The number of carbonyl (C=O) groups excluding carboxylic acids is 1.